The molecule has 2 aromatic carbocycles. The van der Waals surface area contributed by atoms with Gasteiger partial charge in [0.05, 0.1) is 0 Å². The van der Waals surface area contributed by atoms with Crippen LogP contribution in [0.15, 0.2) is 54.6 Å². The number of rotatable bonds is 5. The summed E-state index contributed by atoms with van der Waals surface area (Å²) in [6, 6.07) is 15.5. The Kier molecular flexibility index (Phi) is 5.86. The summed E-state index contributed by atoms with van der Waals surface area (Å²) in [5.74, 6) is 0.461. The molecule has 3 rings (SSSR count). The molecule has 2 amide bonds. The number of carbonyl (C=O) groups is 2. The summed E-state index contributed by atoms with van der Waals surface area (Å²) < 4.78 is 0. The molecule has 3 aromatic rings. The van der Waals surface area contributed by atoms with Crippen LogP contribution in [0.5, 0.6) is 0 Å². The second kappa shape index (κ2) is 8.49. The predicted octanol–water partition coefficient (Wildman–Crippen LogP) is 4.39. The molecule has 0 fully saturated rings. The van der Waals surface area contributed by atoms with Crippen LogP contribution in [0.3, 0.4) is 0 Å². The Balaban J connectivity index is 1.74. The van der Waals surface area contributed by atoms with E-state index in [1.165, 1.54) is 6.92 Å². The van der Waals surface area contributed by atoms with Crippen LogP contribution in [-0.4, -0.2) is 21.8 Å². The monoisotopic (exact) mass is 395 g/mol. The molecule has 8 heteroatoms. The summed E-state index contributed by atoms with van der Waals surface area (Å²) in [6.07, 6.45) is 0. The number of hydrogen-bond donors (Lipinski definition) is 3. The van der Waals surface area contributed by atoms with Crippen molar-refractivity contribution in [2.24, 2.45) is 0 Å². The van der Waals surface area contributed by atoms with E-state index in [0.717, 1.165) is 5.69 Å². The fraction of sp³-hybridized carbons (Fsp3) is 0.100. The van der Waals surface area contributed by atoms with E-state index in [0.29, 0.717) is 28.0 Å². The minimum atomic E-state index is -0.350. The molecule has 0 bridgehead atoms. The summed E-state index contributed by atoms with van der Waals surface area (Å²) in [4.78, 5) is 32.1. The molecule has 0 aliphatic heterocycles. The van der Waals surface area contributed by atoms with Crippen molar-refractivity contribution in [2.45, 2.75) is 13.8 Å². The third-order valence-electron chi connectivity index (χ3n) is 3.65. The quantitative estimate of drug-likeness (QED) is 0.595. The van der Waals surface area contributed by atoms with Crippen molar-refractivity contribution in [2.75, 3.05) is 16.0 Å². The number of aromatic nitrogens is 2. The van der Waals surface area contributed by atoms with Crippen LogP contribution < -0.4 is 16.0 Å². The molecule has 0 spiro atoms. The number of benzene rings is 2. The maximum Gasteiger partial charge on any atom is 0.274 e. The van der Waals surface area contributed by atoms with Crippen molar-refractivity contribution in [1.29, 1.82) is 0 Å². The van der Waals surface area contributed by atoms with Gasteiger partial charge in [-0.05, 0) is 55.5 Å². The molecule has 0 aliphatic carbocycles. The van der Waals surface area contributed by atoms with Crippen molar-refractivity contribution in [1.82, 2.24) is 9.97 Å². The Hall–Kier alpha value is -3.45. The van der Waals surface area contributed by atoms with Gasteiger partial charge in [0.15, 0.2) is 0 Å². The zero-order chi connectivity index (χ0) is 20.1. The molecule has 0 saturated heterocycles. The van der Waals surface area contributed by atoms with Gasteiger partial charge in [0, 0.05) is 35.1 Å². The average Bonchev–Trinajstić information content (AvgIpc) is 2.64. The van der Waals surface area contributed by atoms with Crippen LogP contribution in [0.25, 0.3) is 0 Å². The van der Waals surface area contributed by atoms with Crippen molar-refractivity contribution < 1.29 is 9.59 Å². The van der Waals surface area contributed by atoms with Gasteiger partial charge in [0.25, 0.3) is 5.91 Å². The van der Waals surface area contributed by atoms with Crippen LogP contribution in [0.2, 0.25) is 5.02 Å². The Morgan fingerprint density at radius 2 is 1.43 bits per heavy atom. The Labute approximate surface area is 167 Å². The van der Waals surface area contributed by atoms with Crippen molar-refractivity contribution in [3.63, 3.8) is 0 Å². The molecule has 0 saturated carbocycles. The third kappa shape index (κ3) is 5.28. The number of carbonyl (C=O) groups excluding carboxylic acids is 2. The average molecular weight is 396 g/mol. The van der Waals surface area contributed by atoms with Gasteiger partial charge in [-0.2, -0.15) is 0 Å². The van der Waals surface area contributed by atoms with Crippen molar-refractivity contribution in [3.05, 3.63) is 71.1 Å². The number of hydrogen-bond acceptors (Lipinski definition) is 5. The van der Waals surface area contributed by atoms with E-state index >= 15 is 0 Å². The first-order chi connectivity index (χ1) is 13.4. The lowest BCUT2D eigenvalue weighted by Gasteiger charge is -2.10. The van der Waals surface area contributed by atoms with E-state index < -0.39 is 0 Å². The van der Waals surface area contributed by atoms with Gasteiger partial charge in [-0.1, -0.05) is 11.6 Å². The zero-order valence-corrected chi connectivity index (χ0v) is 16.0. The zero-order valence-electron chi connectivity index (χ0n) is 15.3. The summed E-state index contributed by atoms with van der Waals surface area (Å²) in [5, 5.41) is 9.20. The van der Waals surface area contributed by atoms with Gasteiger partial charge in [0.2, 0.25) is 5.91 Å². The van der Waals surface area contributed by atoms with E-state index in [4.69, 9.17) is 11.6 Å². The number of nitrogens with zero attached hydrogens (tertiary/aromatic N) is 2. The normalized spacial score (nSPS) is 10.2. The highest BCUT2D eigenvalue weighted by Gasteiger charge is 2.11. The van der Waals surface area contributed by atoms with E-state index in [-0.39, 0.29) is 17.5 Å². The van der Waals surface area contributed by atoms with Crippen LogP contribution in [0.4, 0.5) is 22.9 Å². The molecule has 0 unspecified atom stereocenters. The highest BCUT2D eigenvalue weighted by molar-refractivity contribution is 6.30. The second-order valence-electron chi connectivity index (χ2n) is 6.03. The van der Waals surface area contributed by atoms with E-state index in [1.807, 2.05) is 0 Å². The van der Waals surface area contributed by atoms with Gasteiger partial charge in [-0.3, -0.25) is 9.59 Å². The minimum Gasteiger partial charge on any atom is -0.340 e. The molecule has 0 aliphatic rings. The lowest BCUT2D eigenvalue weighted by Crippen LogP contribution is -2.15. The van der Waals surface area contributed by atoms with Gasteiger partial charge in [0.1, 0.15) is 17.3 Å². The summed E-state index contributed by atoms with van der Waals surface area (Å²) >= 11 is 5.86. The van der Waals surface area contributed by atoms with Crippen LogP contribution >= 0.6 is 11.6 Å². The maximum absolute atomic E-state index is 12.5. The van der Waals surface area contributed by atoms with Crippen molar-refractivity contribution in [3.8, 4) is 0 Å². The molecule has 142 valence electrons. The van der Waals surface area contributed by atoms with E-state index in [2.05, 4.69) is 25.9 Å². The molecule has 28 heavy (non-hydrogen) atoms. The lowest BCUT2D eigenvalue weighted by atomic mass is 10.2. The first-order valence-corrected chi connectivity index (χ1v) is 8.84. The third-order valence-corrected chi connectivity index (χ3v) is 3.90. The fourth-order valence-corrected chi connectivity index (χ4v) is 2.59. The van der Waals surface area contributed by atoms with Gasteiger partial charge in [-0.25, -0.2) is 9.97 Å². The van der Waals surface area contributed by atoms with E-state index in [1.54, 1.807) is 61.5 Å². The first-order valence-electron chi connectivity index (χ1n) is 8.46. The summed E-state index contributed by atoms with van der Waals surface area (Å²) in [5.41, 5.74) is 2.31. The number of halogens is 1. The Morgan fingerprint density at radius 1 is 0.857 bits per heavy atom. The fourth-order valence-electron chi connectivity index (χ4n) is 2.46. The largest absolute Gasteiger partial charge is 0.340 e. The standard InChI is InChI=1S/C20H18ClN5O2/c1-12-22-18(20(28)26-17-5-3-14(21)4-6-17)11-19(23-12)25-16-9-7-15(8-10-16)24-13(2)27/h3-11H,1-2H3,(H,24,27)(H,26,28)(H,22,23,25). The molecular formula is C20H18ClN5O2. The summed E-state index contributed by atoms with van der Waals surface area (Å²) in [7, 11) is 0. The highest BCUT2D eigenvalue weighted by Crippen LogP contribution is 2.19. The van der Waals surface area contributed by atoms with Crippen LogP contribution in [0.1, 0.15) is 23.2 Å². The smallest absolute Gasteiger partial charge is 0.274 e. The minimum absolute atomic E-state index is 0.136. The number of amides is 2. The lowest BCUT2D eigenvalue weighted by molar-refractivity contribution is -0.114. The Morgan fingerprint density at radius 3 is 2.07 bits per heavy atom. The summed E-state index contributed by atoms with van der Waals surface area (Å²) in [6.45, 7) is 3.16. The number of nitrogens with one attached hydrogen (secondary N) is 3. The molecule has 1 heterocycles. The van der Waals surface area contributed by atoms with Gasteiger partial charge in [-0.15, -0.1) is 0 Å². The molecule has 0 radical (unpaired) electrons. The van der Waals surface area contributed by atoms with Crippen LogP contribution in [-0.2, 0) is 4.79 Å². The topological polar surface area (TPSA) is 96.0 Å². The number of aryl methyl sites for hydroxylation is 1. The second-order valence-corrected chi connectivity index (χ2v) is 6.47. The molecular weight excluding hydrogens is 378 g/mol. The van der Waals surface area contributed by atoms with Gasteiger partial charge < -0.3 is 16.0 Å². The van der Waals surface area contributed by atoms with Crippen LogP contribution in [0, 0.1) is 6.92 Å². The van der Waals surface area contributed by atoms with E-state index in [9.17, 15) is 9.59 Å². The molecule has 3 N–H and O–H groups in total. The first kappa shape index (κ1) is 19.3. The SMILES string of the molecule is CC(=O)Nc1ccc(Nc2cc(C(=O)Nc3ccc(Cl)cc3)nc(C)n2)cc1. The number of anilines is 4. The predicted molar refractivity (Wildman–Crippen MR) is 110 cm³/mol. The van der Waals surface area contributed by atoms with Crippen molar-refractivity contribution >= 4 is 46.3 Å². The maximum atomic E-state index is 12.5. The highest BCUT2D eigenvalue weighted by atomic mass is 35.5. The molecule has 1 aromatic heterocycles. The molecule has 7 nitrogen and oxygen atoms in total. The van der Waals surface area contributed by atoms with Gasteiger partial charge >= 0.3 is 0 Å². The Bertz CT molecular complexity index is 1000. The molecule has 0 atom stereocenters.